The Morgan fingerprint density at radius 1 is 1.22 bits per heavy atom. The number of benzene rings is 1. The molecule has 1 N–H and O–H groups in total. The van der Waals surface area contributed by atoms with Crippen LogP contribution in [0.4, 0.5) is 0 Å². The SMILES string of the molecule is COc1nc(C2=NC(c3cn(C)c4cc(SC)ccc34)CON2)ccc1-n1cnc(C)c1. The van der Waals surface area contributed by atoms with Crippen LogP contribution in [-0.2, 0) is 11.9 Å². The molecule has 1 atom stereocenters. The Morgan fingerprint density at radius 3 is 2.84 bits per heavy atom. The van der Waals surface area contributed by atoms with E-state index in [1.807, 2.05) is 29.8 Å². The van der Waals surface area contributed by atoms with Gasteiger partial charge in [-0.25, -0.2) is 15.4 Å². The standard InChI is InChI=1S/C23H24N6O2S/c1-14-10-29(13-24-14)20-8-7-18(26-23(20)30-3)22-25-19(12-31-27-22)17-11-28(2)21-9-15(32-4)5-6-16(17)21/h5-11,13,19H,12H2,1-4H3,(H,25,27). The number of thioether (sulfide) groups is 1. The van der Waals surface area contributed by atoms with E-state index in [1.165, 1.54) is 15.8 Å². The topological polar surface area (TPSA) is 78.5 Å². The van der Waals surface area contributed by atoms with Crippen molar-refractivity contribution < 1.29 is 9.57 Å². The zero-order valence-electron chi connectivity index (χ0n) is 18.4. The van der Waals surface area contributed by atoms with Crippen molar-refractivity contribution in [3.63, 3.8) is 0 Å². The lowest BCUT2D eigenvalue weighted by Gasteiger charge is -2.22. The molecule has 0 saturated carbocycles. The molecule has 0 radical (unpaired) electrons. The van der Waals surface area contributed by atoms with Crippen molar-refractivity contribution in [1.29, 1.82) is 0 Å². The minimum atomic E-state index is -0.140. The Bertz CT molecular complexity index is 1330. The molecular weight excluding hydrogens is 424 g/mol. The average Bonchev–Trinajstić information content (AvgIpc) is 3.41. The fraction of sp³-hybridized carbons (Fsp3) is 0.261. The largest absolute Gasteiger partial charge is 0.479 e. The molecule has 1 unspecified atom stereocenters. The maximum Gasteiger partial charge on any atom is 0.238 e. The van der Waals surface area contributed by atoms with Crippen molar-refractivity contribution in [1.82, 2.24) is 24.6 Å². The minimum absolute atomic E-state index is 0.140. The Hall–Kier alpha value is -3.30. The minimum Gasteiger partial charge on any atom is -0.479 e. The molecule has 32 heavy (non-hydrogen) atoms. The van der Waals surface area contributed by atoms with Gasteiger partial charge in [-0.1, -0.05) is 6.07 Å². The Labute approximate surface area is 190 Å². The molecule has 0 bridgehead atoms. The summed E-state index contributed by atoms with van der Waals surface area (Å²) >= 11 is 1.74. The third-order valence-electron chi connectivity index (χ3n) is 5.55. The van der Waals surface area contributed by atoms with E-state index in [0.29, 0.717) is 24.0 Å². The summed E-state index contributed by atoms with van der Waals surface area (Å²) in [6, 6.07) is 10.2. The summed E-state index contributed by atoms with van der Waals surface area (Å²) in [4.78, 5) is 20.8. The number of hydroxylamine groups is 1. The van der Waals surface area contributed by atoms with Crippen LogP contribution in [-0.4, -0.2) is 44.9 Å². The van der Waals surface area contributed by atoms with E-state index in [0.717, 1.165) is 16.9 Å². The van der Waals surface area contributed by atoms with Crippen molar-refractivity contribution in [3.05, 3.63) is 66.0 Å². The van der Waals surface area contributed by atoms with E-state index in [1.54, 1.807) is 25.2 Å². The first-order valence-electron chi connectivity index (χ1n) is 10.2. The van der Waals surface area contributed by atoms with Crippen LogP contribution in [0.1, 0.15) is 23.0 Å². The molecule has 5 rings (SSSR count). The molecule has 4 aromatic rings. The van der Waals surface area contributed by atoms with E-state index in [-0.39, 0.29) is 6.04 Å². The number of aliphatic imine (C=N–C) groups is 1. The number of nitrogens with zero attached hydrogens (tertiary/aromatic N) is 5. The summed E-state index contributed by atoms with van der Waals surface area (Å²) in [5.74, 6) is 1.06. The van der Waals surface area contributed by atoms with E-state index >= 15 is 0 Å². The highest BCUT2D eigenvalue weighted by Gasteiger charge is 2.23. The first-order chi connectivity index (χ1) is 15.6. The number of aromatic nitrogens is 4. The molecule has 1 aliphatic rings. The van der Waals surface area contributed by atoms with Crippen LogP contribution in [0.5, 0.6) is 5.88 Å². The predicted molar refractivity (Wildman–Crippen MR) is 126 cm³/mol. The van der Waals surface area contributed by atoms with Crippen LogP contribution in [0.2, 0.25) is 0 Å². The zero-order chi connectivity index (χ0) is 22.2. The van der Waals surface area contributed by atoms with E-state index in [2.05, 4.69) is 57.7 Å². The third kappa shape index (κ3) is 3.63. The normalized spacial score (nSPS) is 16.1. The Kier molecular flexibility index (Phi) is 5.36. The van der Waals surface area contributed by atoms with Crippen molar-refractivity contribution in [2.75, 3.05) is 20.0 Å². The first kappa shape index (κ1) is 20.6. The van der Waals surface area contributed by atoms with Crippen LogP contribution in [0.25, 0.3) is 16.6 Å². The lowest BCUT2D eigenvalue weighted by molar-refractivity contribution is 0.0623. The van der Waals surface area contributed by atoms with Gasteiger partial charge < -0.3 is 13.9 Å². The number of hydrogen-bond donors (Lipinski definition) is 1. The van der Waals surface area contributed by atoms with Gasteiger partial charge in [0.2, 0.25) is 5.88 Å². The molecule has 1 aliphatic heterocycles. The quantitative estimate of drug-likeness (QED) is 0.468. The molecule has 1 aromatic carbocycles. The highest BCUT2D eigenvalue weighted by Crippen LogP contribution is 2.32. The number of ether oxygens (including phenoxy) is 1. The fourth-order valence-corrected chi connectivity index (χ4v) is 4.37. The Morgan fingerprint density at radius 2 is 2.09 bits per heavy atom. The zero-order valence-corrected chi connectivity index (χ0v) is 19.2. The summed E-state index contributed by atoms with van der Waals surface area (Å²) < 4.78 is 9.58. The van der Waals surface area contributed by atoms with Gasteiger partial charge in [-0.2, -0.15) is 0 Å². The van der Waals surface area contributed by atoms with Gasteiger partial charge in [-0.15, -0.1) is 11.8 Å². The molecular formula is C23H24N6O2S. The molecule has 164 valence electrons. The first-order valence-corrected chi connectivity index (χ1v) is 11.4. The number of fused-ring (bicyclic) bond motifs is 1. The summed E-state index contributed by atoms with van der Waals surface area (Å²) in [5.41, 5.74) is 7.62. The molecule has 0 aliphatic carbocycles. The molecule has 4 heterocycles. The number of pyridine rings is 1. The smallest absolute Gasteiger partial charge is 0.238 e. The lowest BCUT2D eigenvalue weighted by atomic mass is 10.1. The number of rotatable bonds is 5. The van der Waals surface area contributed by atoms with E-state index in [9.17, 15) is 0 Å². The third-order valence-corrected chi connectivity index (χ3v) is 6.27. The molecule has 8 nitrogen and oxygen atoms in total. The maximum atomic E-state index is 5.71. The number of amidine groups is 1. The van der Waals surface area contributed by atoms with Gasteiger partial charge >= 0.3 is 0 Å². The van der Waals surface area contributed by atoms with Crippen LogP contribution < -0.4 is 10.2 Å². The molecule has 9 heteroatoms. The molecule has 3 aromatic heterocycles. The van der Waals surface area contributed by atoms with Crippen molar-refractivity contribution in [2.24, 2.45) is 12.0 Å². The monoisotopic (exact) mass is 448 g/mol. The maximum absolute atomic E-state index is 5.71. The highest BCUT2D eigenvalue weighted by molar-refractivity contribution is 7.98. The van der Waals surface area contributed by atoms with Crippen LogP contribution in [0.3, 0.4) is 0 Å². The predicted octanol–water partition coefficient (Wildman–Crippen LogP) is 3.82. The number of hydrogen-bond acceptors (Lipinski definition) is 7. The number of aryl methyl sites for hydroxylation is 2. The van der Waals surface area contributed by atoms with Gasteiger partial charge in [0, 0.05) is 40.8 Å². The number of methoxy groups -OCH3 is 1. The van der Waals surface area contributed by atoms with Gasteiger partial charge in [0.25, 0.3) is 0 Å². The van der Waals surface area contributed by atoms with Gasteiger partial charge in [-0.3, -0.25) is 9.83 Å². The summed E-state index contributed by atoms with van der Waals surface area (Å²) in [6.07, 6.45) is 7.89. The molecule has 0 fully saturated rings. The van der Waals surface area contributed by atoms with Gasteiger partial charge in [0.1, 0.15) is 24.0 Å². The summed E-state index contributed by atoms with van der Waals surface area (Å²) in [5, 5.41) is 1.18. The molecule has 0 amide bonds. The van der Waals surface area contributed by atoms with Gasteiger partial charge in [-0.05, 0) is 37.4 Å². The van der Waals surface area contributed by atoms with Crippen LogP contribution >= 0.6 is 11.8 Å². The van der Waals surface area contributed by atoms with E-state index in [4.69, 9.17) is 14.6 Å². The number of imidazole rings is 1. The van der Waals surface area contributed by atoms with Crippen molar-refractivity contribution in [2.45, 2.75) is 17.9 Å². The molecule has 0 spiro atoms. The Balaban J connectivity index is 1.52. The highest BCUT2D eigenvalue weighted by atomic mass is 32.2. The lowest BCUT2D eigenvalue weighted by Crippen LogP contribution is -2.33. The average molecular weight is 449 g/mol. The second-order valence-electron chi connectivity index (χ2n) is 7.63. The second-order valence-corrected chi connectivity index (χ2v) is 8.51. The van der Waals surface area contributed by atoms with Crippen molar-refractivity contribution >= 4 is 28.5 Å². The van der Waals surface area contributed by atoms with Crippen LogP contribution in [0.15, 0.2) is 58.9 Å². The van der Waals surface area contributed by atoms with Gasteiger partial charge in [0.15, 0.2) is 5.84 Å². The fourth-order valence-electron chi connectivity index (χ4n) is 3.94. The molecule has 0 saturated heterocycles. The van der Waals surface area contributed by atoms with E-state index < -0.39 is 0 Å². The van der Waals surface area contributed by atoms with Crippen molar-refractivity contribution in [3.8, 4) is 11.6 Å². The summed E-state index contributed by atoms with van der Waals surface area (Å²) in [6.45, 7) is 2.38. The second kappa shape index (κ2) is 8.33. The van der Waals surface area contributed by atoms with Crippen LogP contribution in [0, 0.1) is 6.92 Å². The number of nitrogens with one attached hydrogen (secondary N) is 1. The summed E-state index contributed by atoms with van der Waals surface area (Å²) in [7, 11) is 3.67. The van der Waals surface area contributed by atoms with Gasteiger partial charge in [0.05, 0.1) is 19.1 Å².